The second-order valence-electron chi connectivity index (χ2n) is 3.47. The van der Waals surface area contributed by atoms with Crippen molar-refractivity contribution < 1.29 is 4.79 Å². The Kier molecular flexibility index (Phi) is 3.77. The van der Waals surface area contributed by atoms with E-state index in [2.05, 4.69) is 20.6 Å². The van der Waals surface area contributed by atoms with Gasteiger partial charge < -0.3 is 5.32 Å². The van der Waals surface area contributed by atoms with Crippen molar-refractivity contribution >= 4 is 17.5 Å². The number of hydrogen-bond donors (Lipinski definition) is 2. The Morgan fingerprint density at radius 1 is 1.59 bits per heavy atom. The summed E-state index contributed by atoms with van der Waals surface area (Å²) in [6, 6.07) is 1.86. The van der Waals surface area contributed by atoms with Crippen LogP contribution in [0.3, 0.4) is 0 Å². The highest BCUT2D eigenvalue weighted by atomic mass is 35.5. The Balaban J connectivity index is 1.72. The van der Waals surface area contributed by atoms with E-state index < -0.39 is 0 Å². The molecule has 0 atom stereocenters. The molecule has 1 amide bonds. The molecule has 0 aliphatic rings. The van der Waals surface area contributed by atoms with Gasteiger partial charge in [0.1, 0.15) is 5.69 Å². The third kappa shape index (κ3) is 3.07. The van der Waals surface area contributed by atoms with Gasteiger partial charge in [-0.05, 0) is 12.5 Å². The molecule has 0 aliphatic heterocycles. The summed E-state index contributed by atoms with van der Waals surface area (Å²) in [5.41, 5.74) is 0.297. The fourth-order valence-electron chi connectivity index (χ4n) is 1.39. The predicted molar refractivity (Wildman–Crippen MR) is 62.8 cm³/mol. The lowest BCUT2D eigenvalue weighted by molar-refractivity contribution is 0.0947. The minimum absolute atomic E-state index is 0.243. The average molecular weight is 254 g/mol. The number of aromatic nitrogens is 4. The van der Waals surface area contributed by atoms with E-state index in [1.165, 1.54) is 6.20 Å². The van der Waals surface area contributed by atoms with E-state index >= 15 is 0 Å². The number of aryl methyl sites for hydroxylation is 1. The highest BCUT2D eigenvalue weighted by molar-refractivity contribution is 6.33. The molecule has 0 aliphatic carbocycles. The van der Waals surface area contributed by atoms with Crippen molar-refractivity contribution in [2.45, 2.75) is 13.0 Å². The number of carbonyl (C=O) groups is 1. The van der Waals surface area contributed by atoms with Crippen molar-refractivity contribution in [3.8, 4) is 0 Å². The zero-order valence-corrected chi connectivity index (χ0v) is 9.81. The molecule has 17 heavy (non-hydrogen) atoms. The molecule has 2 aromatic rings. The van der Waals surface area contributed by atoms with Crippen molar-refractivity contribution in [2.75, 3.05) is 6.54 Å². The number of halogens is 1. The number of amides is 1. The van der Waals surface area contributed by atoms with Gasteiger partial charge in [0.25, 0.3) is 5.91 Å². The number of nitrogens with one attached hydrogen (secondary N) is 2. The maximum atomic E-state index is 11.6. The van der Waals surface area contributed by atoms with Crippen LogP contribution in [0.25, 0.3) is 0 Å². The van der Waals surface area contributed by atoms with Crippen LogP contribution < -0.4 is 5.32 Å². The molecular formula is C10H12ClN5O. The molecule has 90 valence electrons. The molecule has 0 aromatic carbocycles. The van der Waals surface area contributed by atoms with Crippen LogP contribution in [0.5, 0.6) is 0 Å². The normalized spacial score (nSPS) is 10.4. The van der Waals surface area contributed by atoms with Crippen LogP contribution >= 0.6 is 11.6 Å². The fraction of sp³-hybridized carbons (Fsp3) is 0.300. The number of carbonyl (C=O) groups excluding carboxylic acids is 1. The molecule has 2 rings (SSSR count). The standard InChI is InChI=1S/C10H12ClN5O/c11-8-7-13-15-9(8)10(17)12-3-1-5-16-6-2-4-14-16/h2,4,6-7H,1,3,5H2,(H,12,17)(H,13,15). The monoisotopic (exact) mass is 253 g/mol. The van der Waals surface area contributed by atoms with E-state index in [9.17, 15) is 4.79 Å². The maximum Gasteiger partial charge on any atom is 0.270 e. The first-order valence-corrected chi connectivity index (χ1v) is 5.59. The third-order valence-corrected chi connectivity index (χ3v) is 2.52. The second-order valence-corrected chi connectivity index (χ2v) is 3.88. The van der Waals surface area contributed by atoms with Gasteiger partial charge in [-0.3, -0.25) is 14.6 Å². The van der Waals surface area contributed by atoms with E-state index in [-0.39, 0.29) is 5.91 Å². The Hall–Kier alpha value is -1.82. The van der Waals surface area contributed by atoms with Crippen molar-refractivity contribution in [2.24, 2.45) is 0 Å². The van der Waals surface area contributed by atoms with Gasteiger partial charge in [0.2, 0.25) is 0 Å². The average Bonchev–Trinajstić information content (AvgIpc) is 2.95. The first kappa shape index (κ1) is 11.7. The molecule has 7 heteroatoms. The van der Waals surface area contributed by atoms with E-state index in [1.54, 1.807) is 6.20 Å². The molecule has 2 N–H and O–H groups in total. The molecule has 0 saturated heterocycles. The zero-order valence-electron chi connectivity index (χ0n) is 9.06. The largest absolute Gasteiger partial charge is 0.351 e. The summed E-state index contributed by atoms with van der Waals surface area (Å²) in [6.45, 7) is 1.33. The summed E-state index contributed by atoms with van der Waals surface area (Å²) < 4.78 is 1.81. The first-order chi connectivity index (χ1) is 8.27. The Morgan fingerprint density at radius 3 is 3.12 bits per heavy atom. The van der Waals surface area contributed by atoms with Crippen molar-refractivity contribution in [3.63, 3.8) is 0 Å². The predicted octanol–water partition coefficient (Wildman–Crippen LogP) is 1.08. The zero-order chi connectivity index (χ0) is 12.1. The molecule has 0 bridgehead atoms. The lowest BCUT2D eigenvalue weighted by Gasteiger charge is -2.04. The maximum absolute atomic E-state index is 11.6. The summed E-state index contributed by atoms with van der Waals surface area (Å²) >= 11 is 5.76. The van der Waals surface area contributed by atoms with Crippen LogP contribution in [0, 0.1) is 0 Å². The highest BCUT2D eigenvalue weighted by Gasteiger charge is 2.10. The van der Waals surface area contributed by atoms with Crippen LogP contribution in [-0.4, -0.2) is 32.4 Å². The van der Waals surface area contributed by atoms with Crippen molar-refractivity contribution in [3.05, 3.63) is 35.4 Å². The van der Waals surface area contributed by atoms with Gasteiger partial charge in [-0.2, -0.15) is 10.2 Å². The number of rotatable bonds is 5. The quantitative estimate of drug-likeness (QED) is 0.783. The van der Waals surface area contributed by atoms with Crippen molar-refractivity contribution in [1.82, 2.24) is 25.3 Å². The number of nitrogens with zero attached hydrogens (tertiary/aromatic N) is 3. The summed E-state index contributed by atoms with van der Waals surface area (Å²) in [7, 11) is 0. The number of hydrogen-bond acceptors (Lipinski definition) is 3. The van der Waals surface area contributed by atoms with E-state index in [1.807, 2.05) is 16.9 Å². The Morgan fingerprint density at radius 2 is 2.47 bits per heavy atom. The van der Waals surface area contributed by atoms with Gasteiger partial charge >= 0.3 is 0 Å². The topological polar surface area (TPSA) is 75.6 Å². The van der Waals surface area contributed by atoms with Gasteiger partial charge in [-0.1, -0.05) is 11.6 Å². The van der Waals surface area contributed by atoms with Crippen molar-refractivity contribution in [1.29, 1.82) is 0 Å². The molecule has 2 aromatic heterocycles. The van der Waals surface area contributed by atoms with Crippen LogP contribution in [0.1, 0.15) is 16.9 Å². The van der Waals surface area contributed by atoms with E-state index in [4.69, 9.17) is 11.6 Å². The molecule has 6 nitrogen and oxygen atoms in total. The van der Waals surface area contributed by atoms with Gasteiger partial charge in [0.05, 0.1) is 11.2 Å². The van der Waals surface area contributed by atoms with Gasteiger partial charge in [-0.15, -0.1) is 0 Å². The molecule has 0 radical (unpaired) electrons. The lowest BCUT2D eigenvalue weighted by atomic mass is 10.3. The van der Waals surface area contributed by atoms with Gasteiger partial charge in [0.15, 0.2) is 0 Å². The fourth-order valence-corrected chi connectivity index (χ4v) is 1.57. The number of aromatic amines is 1. The Bertz CT molecular complexity index is 479. The van der Waals surface area contributed by atoms with Gasteiger partial charge in [0, 0.05) is 25.5 Å². The van der Waals surface area contributed by atoms with Crippen LogP contribution in [-0.2, 0) is 6.54 Å². The summed E-state index contributed by atoms with van der Waals surface area (Å²) in [6.07, 6.45) is 5.82. The van der Waals surface area contributed by atoms with E-state index in [0.29, 0.717) is 17.3 Å². The number of H-pyrrole nitrogens is 1. The summed E-state index contributed by atoms with van der Waals surface area (Å²) in [4.78, 5) is 11.6. The van der Waals surface area contributed by atoms with Gasteiger partial charge in [-0.25, -0.2) is 0 Å². The van der Waals surface area contributed by atoms with Crippen LogP contribution in [0.2, 0.25) is 5.02 Å². The molecular weight excluding hydrogens is 242 g/mol. The van der Waals surface area contributed by atoms with E-state index in [0.717, 1.165) is 13.0 Å². The first-order valence-electron chi connectivity index (χ1n) is 5.22. The minimum atomic E-state index is -0.243. The van der Waals surface area contributed by atoms with Crippen LogP contribution in [0.4, 0.5) is 0 Å². The Labute approximate surface area is 103 Å². The minimum Gasteiger partial charge on any atom is -0.351 e. The molecule has 0 spiro atoms. The summed E-state index contributed by atoms with van der Waals surface area (Å²) in [5, 5.41) is 13.4. The summed E-state index contributed by atoms with van der Waals surface area (Å²) in [5.74, 6) is -0.243. The SMILES string of the molecule is O=C(NCCCn1cccn1)c1[nH]ncc1Cl. The molecule has 0 fully saturated rings. The van der Waals surface area contributed by atoms with Crippen LogP contribution in [0.15, 0.2) is 24.7 Å². The highest BCUT2D eigenvalue weighted by Crippen LogP contribution is 2.10. The third-order valence-electron chi connectivity index (χ3n) is 2.23. The second kappa shape index (κ2) is 5.49. The lowest BCUT2D eigenvalue weighted by Crippen LogP contribution is -2.25. The molecule has 2 heterocycles. The smallest absolute Gasteiger partial charge is 0.270 e. The molecule has 0 unspecified atom stereocenters. The molecule has 0 saturated carbocycles.